The maximum atomic E-state index is 13.0. The Kier molecular flexibility index (Phi) is 82.4. The fourth-order valence-corrected chi connectivity index (χ4v) is 12.6. The zero-order valence-corrected chi connectivity index (χ0v) is 70.2. The molecular weight excluding hydrogens is 1320 g/mol. The second-order valence-corrected chi connectivity index (χ2v) is 30.8. The summed E-state index contributed by atoms with van der Waals surface area (Å²) in [4.78, 5) is 37.7. The lowest BCUT2D eigenvalue weighted by Crippen LogP contribution is -2.44. The van der Waals surface area contributed by atoms with E-state index in [9.17, 15) is 19.5 Å². The largest absolute Gasteiger partial charge is 0.545 e. The van der Waals surface area contributed by atoms with Crippen LogP contribution in [0.3, 0.4) is 0 Å². The Hall–Kier alpha value is -5.09. The topological polar surface area (TPSA) is 111 Å². The van der Waals surface area contributed by atoms with Gasteiger partial charge in [0, 0.05) is 12.8 Å². The van der Waals surface area contributed by atoms with Gasteiger partial charge < -0.3 is 33.3 Å². The zero-order valence-electron chi connectivity index (χ0n) is 70.2. The first-order valence-electron chi connectivity index (χ1n) is 44.6. The molecule has 0 aromatic rings. The minimum absolute atomic E-state index is 0.144. The number of hydrogen-bond acceptors (Lipinski definition) is 8. The summed E-state index contributed by atoms with van der Waals surface area (Å²) in [5.41, 5.74) is 0. The van der Waals surface area contributed by atoms with Crippen molar-refractivity contribution in [3.63, 3.8) is 0 Å². The van der Waals surface area contributed by atoms with Gasteiger partial charge in [-0.05, 0) is 122 Å². The van der Waals surface area contributed by atoms with Gasteiger partial charge in [0.2, 0.25) is 0 Å². The second-order valence-electron chi connectivity index (χ2n) is 30.8. The van der Waals surface area contributed by atoms with Crippen LogP contribution in [0.5, 0.6) is 0 Å². The number of nitrogens with zero attached hydrogens (tertiary/aromatic N) is 1. The number of rotatable bonds is 82. The number of quaternary nitrogens is 1. The number of ether oxygens (including phenoxy) is 4. The summed E-state index contributed by atoms with van der Waals surface area (Å²) in [7, 11) is 5.94. The highest BCUT2D eigenvalue weighted by Crippen LogP contribution is 2.19. The van der Waals surface area contributed by atoms with Gasteiger partial charge in [0.15, 0.2) is 12.4 Å². The number of allylic oxidation sites excluding steroid dienone is 26. The van der Waals surface area contributed by atoms with E-state index in [1.807, 2.05) is 21.1 Å². The van der Waals surface area contributed by atoms with Crippen molar-refractivity contribution in [3.05, 3.63) is 158 Å². The van der Waals surface area contributed by atoms with E-state index in [0.29, 0.717) is 23.9 Å². The highest BCUT2D eigenvalue weighted by Gasteiger charge is 2.22. The molecule has 0 saturated carbocycles. The van der Waals surface area contributed by atoms with Crippen LogP contribution in [0.2, 0.25) is 0 Å². The average Bonchev–Trinajstić information content (AvgIpc) is 0.965. The van der Waals surface area contributed by atoms with Crippen molar-refractivity contribution >= 4 is 17.9 Å². The van der Waals surface area contributed by atoms with Crippen LogP contribution in [0.15, 0.2) is 158 Å². The van der Waals surface area contributed by atoms with Gasteiger partial charge in [-0.2, -0.15) is 0 Å². The molecule has 612 valence electrons. The van der Waals surface area contributed by atoms with Crippen LogP contribution in [0.1, 0.15) is 386 Å². The predicted octanol–water partition coefficient (Wildman–Crippen LogP) is 28.2. The van der Waals surface area contributed by atoms with Gasteiger partial charge in [-0.1, -0.05) is 409 Å². The summed E-state index contributed by atoms with van der Waals surface area (Å²) in [5, 5.41) is 11.9. The summed E-state index contributed by atoms with van der Waals surface area (Å²) in [6.45, 7) is 4.56. The number of carbonyl (C=O) groups excluding carboxylic acids is 3. The number of carboxylic acid groups (broad SMARTS) is 1. The highest BCUT2D eigenvalue weighted by molar-refractivity contribution is 5.70. The van der Waals surface area contributed by atoms with Gasteiger partial charge in [0.25, 0.3) is 0 Å². The Bertz CT molecular complexity index is 2340. The minimum Gasteiger partial charge on any atom is -0.545 e. The number of carbonyl (C=O) groups is 3. The Morgan fingerprint density at radius 2 is 0.505 bits per heavy atom. The number of unbranched alkanes of at least 4 members (excludes halogenated alkanes) is 41. The molecule has 0 rings (SSSR count). The van der Waals surface area contributed by atoms with E-state index < -0.39 is 24.3 Å². The number of esters is 2. The number of likely N-dealkylation sites (N-methyl/N-ethyl adjacent to an activating group) is 1. The molecule has 0 spiro atoms. The molecule has 0 aliphatic heterocycles. The monoisotopic (exact) mass is 1490 g/mol. The first kappa shape index (κ1) is 102. The molecule has 0 aromatic carbocycles. The maximum Gasteiger partial charge on any atom is 0.306 e. The van der Waals surface area contributed by atoms with Crippen LogP contribution in [-0.4, -0.2) is 82.3 Å². The van der Waals surface area contributed by atoms with Gasteiger partial charge in [0.1, 0.15) is 13.2 Å². The quantitative estimate of drug-likeness (QED) is 0.0195. The predicted molar refractivity (Wildman–Crippen MR) is 462 cm³/mol. The van der Waals surface area contributed by atoms with Gasteiger partial charge >= 0.3 is 11.9 Å². The molecule has 2 unspecified atom stereocenters. The number of hydrogen-bond donors (Lipinski definition) is 0. The molecule has 0 aromatic heterocycles. The number of carboxylic acids is 1. The zero-order chi connectivity index (χ0) is 77.4. The lowest BCUT2D eigenvalue weighted by molar-refractivity contribution is -0.870. The normalized spacial score (nSPS) is 13.4. The van der Waals surface area contributed by atoms with Crippen molar-refractivity contribution in [2.45, 2.75) is 399 Å². The van der Waals surface area contributed by atoms with Crippen molar-refractivity contribution in [3.8, 4) is 0 Å². The maximum absolute atomic E-state index is 13.0. The van der Waals surface area contributed by atoms with Gasteiger partial charge in [-0.25, -0.2) is 0 Å². The minimum atomic E-state index is -1.63. The Morgan fingerprint density at radius 3 is 0.748 bits per heavy atom. The van der Waals surface area contributed by atoms with E-state index in [1.54, 1.807) is 0 Å². The van der Waals surface area contributed by atoms with Crippen LogP contribution in [0.4, 0.5) is 0 Å². The fraction of sp³-hybridized carbons (Fsp3) is 0.704. The van der Waals surface area contributed by atoms with Crippen LogP contribution < -0.4 is 5.11 Å². The molecule has 0 aliphatic rings. The van der Waals surface area contributed by atoms with E-state index in [2.05, 4.69) is 172 Å². The molecular formula is C98H167NO8. The lowest BCUT2D eigenvalue weighted by Gasteiger charge is -2.26. The molecule has 0 radical (unpaired) electrons. The molecule has 9 heteroatoms. The van der Waals surface area contributed by atoms with E-state index in [0.717, 1.165) is 122 Å². The molecule has 0 N–H and O–H groups in total. The molecule has 0 amide bonds. The van der Waals surface area contributed by atoms with Crippen molar-refractivity contribution in [1.29, 1.82) is 0 Å². The van der Waals surface area contributed by atoms with Gasteiger partial charge in [-0.3, -0.25) is 9.59 Å². The third kappa shape index (κ3) is 88.0. The third-order valence-corrected chi connectivity index (χ3v) is 19.3. The first-order chi connectivity index (χ1) is 52.6. The molecule has 2 atom stereocenters. The molecule has 107 heavy (non-hydrogen) atoms. The summed E-state index contributed by atoms with van der Waals surface area (Å²) in [6.07, 6.45) is 125. The van der Waals surface area contributed by atoms with Crippen LogP contribution >= 0.6 is 0 Å². The fourth-order valence-electron chi connectivity index (χ4n) is 12.6. The van der Waals surface area contributed by atoms with Crippen LogP contribution in [0, 0.1) is 0 Å². The van der Waals surface area contributed by atoms with E-state index in [1.165, 1.54) is 231 Å². The summed E-state index contributed by atoms with van der Waals surface area (Å²) >= 11 is 0. The third-order valence-electron chi connectivity index (χ3n) is 19.3. The van der Waals surface area contributed by atoms with E-state index in [4.69, 9.17) is 18.9 Å². The molecule has 0 saturated heterocycles. The average molecular weight is 1490 g/mol. The van der Waals surface area contributed by atoms with Crippen molar-refractivity contribution < 1.29 is 42.9 Å². The molecule has 0 bridgehead atoms. The Morgan fingerprint density at radius 1 is 0.280 bits per heavy atom. The molecule has 0 fully saturated rings. The number of aliphatic carboxylic acids is 1. The summed E-state index contributed by atoms with van der Waals surface area (Å²) < 4.78 is 22.9. The van der Waals surface area contributed by atoms with Crippen LogP contribution in [-0.2, 0) is 33.3 Å². The van der Waals surface area contributed by atoms with Gasteiger partial charge in [0.05, 0.1) is 40.3 Å². The summed E-state index contributed by atoms with van der Waals surface area (Å²) in [6, 6.07) is 0. The SMILES string of the molecule is CC/C=C\C/C=C\C/C=C\C/C=C\C/C=C\C/C=C\C/C=C\C/C=C\C/C=C\CCCCCCCCCCCCCCCC(=O)OC(COC(=O)CCCCCCCCCCCCCCCCCCCCCCCCCCCCCC/C=C\C/C=C\C/C=C\C/C=C\CC)COC(OCC[N+](C)(C)C)C(=O)[O-]. The molecule has 0 aliphatic carbocycles. The van der Waals surface area contributed by atoms with Crippen molar-refractivity contribution in [2.24, 2.45) is 0 Å². The van der Waals surface area contributed by atoms with E-state index >= 15 is 0 Å². The molecule has 0 heterocycles. The highest BCUT2D eigenvalue weighted by atomic mass is 16.7. The van der Waals surface area contributed by atoms with Crippen LogP contribution in [0.25, 0.3) is 0 Å². The van der Waals surface area contributed by atoms with E-state index in [-0.39, 0.29) is 32.2 Å². The Balaban J connectivity index is 3.97. The second kappa shape index (κ2) is 86.5. The first-order valence-corrected chi connectivity index (χ1v) is 44.6. The standard InChI is InChI=1S/C98H167NO8/c1-6-8-10-12-14-16-18-20-22-24-26-28-30-32-34-36-38-40-42-44-46-48-50-52-54-56-58-60-62-64-66-68-70-72-74-76-78-80-82-84-86-88-95(100)105-92-94(93-106-98(97(102)103)104-91-90-99(3,4)5)107-96(101)89-87-85-83-81-79-77-75-73-71-69-67-65-63-61-59-57-55-53-51-49-47-45-43-41-39-37-35-33-31-29-27-25-23-21-19-17-15-13-11-9-7-2/h8-11,14-17,20-23,26-29,33,35,39,41,45,47,51,53,57,59,94,98H,6-7,12-13,18-19,24-25,30-32,34,36-38,40,42-44,46,48-50,52,54-56,58,60-93H2,1-5H3/b10-8-,11-9-,16-14-,17-15-,22-20-,23-21-,28-26-,29-27-,35-33-,41-39-,47-45-,53-51-,59-57-. The molecule has 9 nitrogen and oxygen atoms in total. The van der Waals surface area contributed by atoms with Crippen molar-refractivity contribution in [2.75, 3.05) is 47.5 Å². The van der Waals surface area contributed by atoms with Crippen molar-refractivity contribution in [1.82, 2.24) is 0 Å². The smallest absolute Gasteiger partial charge is 0.306 e. The Labute approximate surface area is 661 Å². The summed E-state index contributed by atoms with van der Waals surface area (Å²) in [5.74, 6) is -2.27. The lowest BCUT2D eigenvalue weighted by atomic mass is 10.0. The van der Waals surface area contributed by atoms with Gasteiger partial charge in [-0.15, -0.1) is 0 Å².